The number of hydrogen-bond acceptors (Lipinski definition) is 6. The Kier molecular flexibility index (Phi) is 8.28. The Morgan fingerprint density at radius 1 is 1.43 bits per heavy atom. The molecule has 2 unspecified atom stereocenters. The summed E-state index contributed by atoms with van der Waals surface area (Å²) in [5, 5.41) is 2.82. The molecule has 10 heteroatoms. The van der Waals surface area contributed by atoms with Gasteiger partial charge in [0.2, 0.25) is 15.9 Å². The molecule has 1 aliphatic heterocycles. The number of methoxy groups -OCH3 is 1. The topological polar surface area (TPSA) is 105 Å². The van der Waals surface area contributed by atoms with Crippen molar-refractivity contribution in [1.82, 2.24) is 9.21 Å². The minimum absolute atomic E-state index is 0. The van der Waals surface area contributed by atoms with Gasteiger partial charge in [0.25, 0.3) is 0 Å². The second kappa shape index (κ2) is 9.41. The fourth-order valence-electron chi connectivity index (χ4n) is 3.12. The summed E-state index contributed by atoms with van der Waals surface area (Å²) in [7, 11) is 0.781. The Bertz CT molecular complexity index is 803. The summed E-state index contributed by atoms with van der Waals surface area (Å²) < 4.78 is 31.1. The van der Waals surface area contributed by atoms with Crippen molar-refractivity contribution < 1.29 is 17.9 Å². The largest absolute Gasteiger partial charge is 0.495 e. The Morgan fingerprint density at radius 3 is 2.57 bits per heavy atom. The molecule has 0 spiro atoms. The maximum Gasteiger partial charge on any atom is 0.242 e. The fourth-order valence-corrected chi connectivity index (χ4v) is 4.05. The lowest BCUT2D eigenvalue weighted by Crippen LogP contribution is -2.42. The Balaban J connectivity index is 0.00000392. The Hall–Kier alpha value is -1.39. The van der Waals surface area contributed by atoms with Crippen molar-refractivity contribution in [3.8, 4) is 5.75 Å². The maximum atomic E-state index is 12.8. The zero-order valence-electron chi connectivity index (χ0n) is 17.1. The summed E-state index contributed by atoms with van der Waals surface area (Å²) in [6.07, 6.45) is 0.945. The Labute approximate surface area is 173 Å². The highest BCUT2D eigenvalue weighted by atomic mass is 35.5. The predicted molar refractivity (Wildman–Crippen MR) is 113 cm³/mol. The normalized spacial score (nSPS) is 21.2. The van der Waals surface area contributed by atoms with Gasteiger partial charge in [0.1, 0.15) is 5.75 Å². The van der Waals surface area contributed by atoms with Gasteiger partial charge in [-0.1, -0.05) is 6.92 Å². The number of ether oxygens (including phenoxy) is 1. The van der Waals surface area contributed by atoms with Gasteiger partial charge in [0, 0.05) is 20.6 Å². The highest BCUT2D eigenvalue weighted by Crippen LogP contribution is 2.31. The van der Waals surface area contributed by atoms with Gasteiger partial charge in [-0.3, -0.25) is 9.69 Å². The van der Waals surface area contributed by atoms with Crippen LogP contribution in [-0.4, -0.2) is 70.4 Å². The van der Waals surface area contributed by atoms with Gasteiger partial charge in [0.05, 0.1) is 23.7 Å². The van der Waals surface area contributed by atoms with Crippen molar-refractivity contribution in [2.24, 2.45) is 11.1 Å². The molecule has 160 valence electrons. The second-order valence-corrected chi connectivity index (χ2v) is 9.70. The molecular formula is C18H31ClN4O4S. The van der Waals surface area contributed by atoms with Gasteiger partial charge in [-0.05, 0) is 50.0 Å². The molecule has 1 amide bonds. The highest BCUT2D eigenvalue weighted by molar-refractivity contribution is 7.89. The van der Waals surface area contributed by atoms with Gasteiger partial charge in [-0.2, -0.15) is 0 Å². The molecule has 0 aliphatic carbocycles. The molecule has 1 heterocycles. The third-order valence-electron chi connectivity index (χ3n) is 5.21. The van der Waals surface area contributed by atoms with E-state index in [1.807, 2.05) is 6.92 Å². The molecule has 3 N–H and O–H groups in total. The number of halogens is 1. The first-order chi connectivity index (χ1) is 12.5. The quantitative estimate of drug-likeness (QED) is 0.671. The van der Waals surface area contributed by atoms with Crippen LogP contribution >= 0.6 is 12.4 Å². The molecular weight excluding hydrogens is 404 g/mol. The standard InChI is InChI=1S/C18H30N4O4S.ClH/c1-13(22-9-8-18(2,11-19)12-22)17(23)20-15-10-14(6-7-16(15)26-5)27(24,25)21(3)4;/h6-7,10,13H,8-9,11-12,19H2,1-5H3,(H,20,23);1H. The van der Waals surface area contributed by atoms with Crippen LogP contribution in [0.4, 0.5) is 5.69 Å². The van der Waals surface area contributed by atoms with Crippen LogP contribution in [0.3, 0.4) is 0 Å². The first-order valence-corrected chi connectivity index (χ1v) is 10.3. The lowest BCUT2D eigenvalue weighted by Gasteiger charge is -2.27. The molecule has 28 heavy (non-hydrogen) atoms. The zero-order chi connectivity index (χ0) is 20.4. The number of sulfonamides is 1. The van der Waals surface area contributed by atoms with E-state index in [2.05, 4.69) is 17.1 Å². The molecule has 1 saturated heterocycles. The number of nitrogens with zero attached hydrogens (tertiary/aromatic N) is 2. The minimum Gasteiger partial charge on any atom is -0.495 e. The molecule has 8 nitrogen and oxygen atoms in total. The first-order valence-electron chi connectivity index (χ1n) is 8.89. The van der Waals surface area contributed by atoms with Gasteiger partial charge in [-0.25, -0.2) is 12.7 Å². The van der Waals surface area contributed by atoms with Crippen LogP contribution in [0.2, 0.25) is 0 Å². The highest BCUT2D eigenvalue weighted by Gasteiger charge is 2.36. The van der Waals surface area contributed by atoms with E-state index in [4.69, 9.17) is 10.5 Å². The van der Waals surface area contributed by atoms with Crippen molar-refractivity contribution in [2.45, 2.75) is 31.2 Å². The van der Waals surface area contributed by atoms with Crippen LogP contribution in [0.1, 0.15) is 20.3 Å². The molecule has 1 aromatic rings. The molecule has 0 bridgehead atoms. The summed E-state index contributed by atoms with van der Waals surface area (Å²) in [4.78, 5) is 14.9. The zero-order valence-corrected chi connectivity index (χ0v) is 18.7. The van der Waals surface area contributed by atoms with E-state index in [9.17, 15) is 13.2 Å². The van der Waals surface area contributed by atoms with Gasteiger partial charge < -0.3 is 15.8 Å². The summed E-state index contributed by atoms with van der Waals surface area (Å²) in [6.45, 7) is 6.09. The van der Waals surface area contributed by atoms with E-state index in [1.165, 1.54) is 39.4 Å². The minimum atomic E-state index is -3.61. The molecule has 1 aliphatic rings. The maximum absolute atomic E-state index is 12.8. The molecule has 1 fully saturated rings. The molecule has 1 aromatic carbocycles. The average molecular weight is 435 g/mol. The van der Waals surface area contributed by atoms with Crippen molar-refractivity contribution in [2.75, 3.05) is 46.2 Å². The van der Waals surface area contributed by atoms with Crippen LogP contribution in [-0.2, 0) is 14.8 Å². The third-order valence-corrected chi connectivity index (χ3v) is 7.03. The molecule has 0 aromatic heterocycles. The summed E-state index contributed by atoms with van der Waals surface area (Å²) in [5.74, 6) is 0.190. The molecule has 2 rings (SSSR count). The van der Waals surface area contributed by atoms with E-state index in [0.717, 1.165) is 23.8 Å². The fraction of sp³-hybridized carbons (Fsp3) is 0.611. The third kappa shape index (κ3) is 5.15. The number of rotatable bonds is 7. The van der Waals surface area contributed by atoms with Crippen LogP contribution < -0.4 is 15.8 Å². The van der Waals surface area contributed by atoms with Gasteiger partial charge in [0.15, 0.2) is 0 Å². The molecule has 0 radical (unpaired) electrons. The number of nitrogens with two attached hydrogens (primary N) is 1. The van der Waals surface area contributed by atoms with Crippen LogP contribution in [0.15, 0.2) is 23.1 Å². The van der Waals surface area contributed by atoms with E-state index in [-0.39, 0.29) is 34.7 Å². The SMILES string of the molecule is COc1ccc(S(=O)(=O)N(C)C)cc1NC(=O)C(C)N1CCC(C)(CN)C1.Cl. The van der Waals surface area contributed by atoms with Crippen LogP contribution in [0, 0.1) is 5.41 Å². The predicted octanol–water partition coefficient (Wildman–Crippen LogP) is 1.36. The second-order valence-electron chi connectivity index (χ2n) is 7.55. The number of carbonyl (C=O) groups is 1. The van der Waals surface area contributed by atoms with Crippen LogP contribution in [0.5, 0.6) is 5.75 Å². The summed E-state index contributed by atoms with van der Waals surface area (Å²) >= 11 is 0. The van der Waals surface area contributed by atoms with E-state index >= 15 is 0 Å². The first kappa shape index (κ1) is 24.6. The smallest absolute Gasteiger partial charge is 0.242 e. The number of likely N-dealkylation sites (tertiary alicyclic amines) is 1. The summed E-state index contributed by atoms with van der Waals surface area (Å²) in [5.41, 5.74) is 6.20. The Morgan fingerprint density at radius 2 is 2.07 bits per heavy atom. The number of nitrogens with one attached hydrogen (secondary N) is 1. The number of amides is 1. The number of carbonyl (C=O) groups excluding carboxylic acids is 1. The lowest BCUT2D eigenvalue weighted by molar-refractivity contribution is -0.120. The van der Waals surface area contributed by atoms with E-state index in [0.29, 0.717) is 18.0 Å². The van der Waals surface area contributed by atoms with Crippen molar-refractivity contribution in [1.29, 1.82) is 0 Å². The van der Waals surface area contributed by atoms with Gasteiger partial charge in [-0.15, -0.1) is 12.4 Å². The molecule has 2 atom stereocenters. The van der Waals surface area contributed by atoms with Crippen molar-refractivity contribution in [3.05, 3.63) is 18.2 Å². The van der Waals surface area contributed by atoms with Gasteiger partial charge >= 0.3 is 0 Å². The number of hydrogen-bond donors (Lipinski definition) is 2. The lowest BCUT2D eigenvalue weighted by atomic mass is 9.90. The van der Waals surface area contributed by atoms with Crippen LogP contribution in [0.25, 0.3) is 0 Å². The summed E-state index contributed by atoms with van der Waals surface area (Å²) in [6, 6.07) is 4.06. The van der Waals surface area contributed by atoms with Crippen molar-refractivity contribution in [3.63, 3.8) is 0 Å². The number of anilines is 1. The van der Waals surface area contributed by atoms with Crippen molar-refractivity contribution >= 4 is 34.0 Å². The van der Waals surface area contributed by atoms with E-state index < -0.39 is 10.0 Å². The van der Waals surface area contributed by atoms with E-state index in [1.54, 1.807) is 0 Å². The average Bonchev–Trinajstić information content (AvgIpc) is 3.03. The molecule has 0 saturated carbocycles. The monoisotopic (exact) mass is 434 g/mol. The number of benzene rings is 1.